The Bertz CT molecular complexity index is 1910. The molecule has 1 aromatic heterocycles. The minimum atomic E-state index is -4.63. The molecule has 1 heterocycles. The van der Waals surface area contributed by atoms with Gasteiger partial charge in [0.15, 0.2) is 6.61 Å². The molecule has 1 aliphatic carbocycles. The SMILES string of the molecule is C.COC(=O)[C@H](CCNC(=O)C(=O)CNc1ccccc1)NC(=O)c1ccc(Nc2nc(NC3(c4ccc(Cl)cc4)CC3)nc(OCC(F)(F)F)n2)cc1. The lowest BCUT2D eigenvalue weighted by Gasteiger charge is -2.19. The fraction of sp³-hybridized carbons (Fsp3) is 0.306. The van der Waals surface area contributed by atoms with Gasteiger partial charge in [-0.05, 0) is 73.4 Å². The lowest BCUT2D eigenvalue weighted by Crippen LogP contribution is -2.44. The summed E-state index contributed by atoms with van der Waals surface area (Å²) in [5.74, 6) is -3.16. The Kier molecular flexibility index (Phi) is 13.7. The van der Waals surface area contributed by atoms with Crippen LogP contribution in [0.1, 0.15) is 42.6 Å². The number of anilines is 4. The molecule has 3 aromatic carbocycles. The molecule has 286 valence electrons. The summed E-state index contributed by atoms with van der Waals surface area (Å²) in [6.45, 7) is -1.97. The second kappa shape index (κ2) is 18.2. The van der Waals surface area contributed by atoms with Gasteiger partial charge in [-0.2, -0.15) is 28.1 Å². The molecule has 18 heteroatoms. The molecule has 14 nitrogen and oxygen atoms in total. The number of nitrogens with one attached hydrogen (secondary N) is 5. The van der Waals surface area contributed by atoms with E-state index in [0.717, 1.165) is 12.7 Å². The third-order valence-corrected chi connectivity index (χ3v) is 8.12. The van der Waals surface area contributed by atoms with Crippen molar-refractivity contribution in [2.24, 2.45) is 0 Å². The van der Waals surface area contributed by atoms with Gasteiger partial charge in [0.1, 0.15) is 6.04 Å². The van der Waals surface area contributed by atoms with Crippen LogP contribution in [0.2, 0.25) is 5.02 Å². The molecule has 0 spiro atoms. The van der Waals surface area contributed by atoms with E-state index in [4.69, 9.17) is 21.1 Å². The molecule has 0 bridgehead atoms. The first-order valence-electron chi connectivity index (χ1n) is 16.2. The van der Waals surface area contributed by atoms with Gasteiger partial charge in [0.25, 0.3) is 11.8 Å². The first kappa shape index (κ1) is 40.8. The van der Waals surface area contributed by atoms with E-state index in [9.17, 15) is 32.3 Å². The number of carbonyl (C=O) groups excluding carboxylic acids is 4. The van der Waals surface area contributed by atoms with Gasteiger partial charge in [0.05, 0.1) is 19.2 Å². The molecular formula is C36H38ClF3N8O6. The zero-order valence-corrected chi connectivity index (χ0v) is 28.9. The van der Waals surface area contributed by atoms with Crippen molar-refractivity contribution in [1.82, 2.24) is 25.6 Å². The fourth-order valence-corrected chi connectivity index (χ4v) is 5.11. The summed E-state index contributed by atoms with van der Waals surface area (Å²) >= 11 is 6.02. The molecule has 1 aliphatic rings. The molecular weight excluding hydrogens is 733 g/mol. The number of ether oxygens (including phenoxy) is 2. The average molecular weight is 771 g/mol. The summed E-state index contributed by atoms with van der Waals surface area (Å²) in [6, 6.07) is 20.1. The molecule has 0 saturated heterocycles. The van der Waals surface area contributed by atoms with Crippen LogP contribution in [0.25, 0.3) is 0 Å². The number of carbonyl (C=O) groups is 4. The topological polar surface area (TPSA) is 186 Å². The highest BCUT2D eigenvalue weighted by Gasteiger charge is 2.45. The van der Waals surface area contributed by atoms with Crippen LogP contribution in [0.15, 0.2) is 78.9 Å². The standard InChI is InChI=1S/C35H34ClF3N8O6.CH4/c1-52-30(51)26(15-18-40-29(50)27(48)19-41-24-5-3-2-4-6-24)43-28(49)21-7-13-25(14-8-21)42-31-44-32(46-33(45-31)53-20-35(37,38)39)47-34(16-17-34)22-9-11-23(36)12-10-22;/h2-14,26,41H,15-20H2,1H3,(H,40,50)(H,43,49)(H2,42,44,45,46,47);1H4/t26-;/m0./s1. The molecule has 1 atom stereocenters. The van der Waals surface area contributed by atoms with E-state index in [1.807, 2.05) is 18.2 Å². The number of para-hydroxylation sites is 1. The zero-order chi connectivity index (χ0) is 38.0. The van der Waals surface area contributed by atoms with Crippen molar-refractivity contribution in [2.75, 3.05) is 42.8 Å². The minimum absolute atomic E-state index is 0. The number of alkyl halides is 3. The zero-order valence-electron chi connectivity index (χ0n) is 28.1. The Morgan fingerprint density at radius 2 is 1.56 bits per heavy atom. The molecule has 5 rings (SSSR count). The second-order valence-corrected chi connectivity index (χ2v) is 12.3. The van der Waals surface area contributed by atoms with Gasteiger partial charge in [-0.15, -0.1) is 0 Å². The summed E-state index contributed by atoms with van der Waals surface area (Å²) in [4.78, 5) is 62.2. The van der Waals surface area contributed by atoms with Crippen LogP contribution >= 0.6 is 11.6 Å². The fourth-order valence-electron chi connectivity index (χ4n) is 4.99. The summed E-state index contributed by atoms with van der Waals surface area (Å²) in [5, 5.41) is 14.4. The lowest BCUT2D eigenvalue weighted by molar-refractivity contribution is -0.154. The number of methoxy groups -OCH3 is 1. The summed E-state index contributed by atoms with van der Waals surface area (Å²) < 4.78 is 48.4. The van der Waals surface area contributed by atoms with Crippen LogP contribution in [0.5, 0.6) is 6.01 Å². The number of esters is 1. The molecule has 1 saturated carbocycles. The van der Waals surface area contributed by atoms with Gasteiger partial charge in [0.2, 0.25) is 17.7 Å². The molecule has 0 aliphatic heterocycles. The number of rotatable bonds is 17. The van der Waals surface area contributed by atoms with Crippen molar-refractivity contribution in [3.8, 4) is 6.01 Å². The second-order valence-electron chi connectivity index (χ2n) is 11.8. The Balaban J connectivity index is 0.00000650. The maximum absolute atomic E-state index is 13.0. The number of aromatic nitrogens is 3. The van der Waals surface area contributed by atoms with Gasteiger partial charge < -0.3 is 36.1 Å². The highest BCUT2D eigenvalue weighted by Crippen LogP contribution is 2.48. The van der Waals surface area contributed by atoms with E-state index >= 15 is 0 Å². The van der Waals surface area contributed by atoms with Crippen LogP contribution in [0, 0.1) is 0 Å². The van der Waals surface area contributed by atoms with Gasteiger partial charge in [-0.25, -0.2) is 4.79 Å². The number of ketones is 1. The molecule has 0 radical (unpaired) electrons. The number of halogens is 4. The van der Waals surface area contributed by atoms with E-state index in [-0.39, 0.29) is 44.4 Å². The van der Waals surface area contributed by atoms with Crippen molar-refractivity contribution in [3.05, 3.63) is 95.0 Å². The number of hydrogen-bond acceptors (Lipinski definition) is 12. The van der Waals surface area contributed by atoms with E-state index in [0.29, 0.717) is 29.2 Å². The van der Waals surface area contributed by atoms with Gasteiger partial charge in [-0.1, -0.05) is 49.4 Å². The monoisotopic (exact) mass is 770 g/mol. The van der Waals surface area contributed by atoms with E-state index in [1.165, 1.54) is 24.3 Å². The van der Waals surface area contributed by atoms with Crippen molar-refractivity contribution in [1.29, 1.82) is 0 Å². The Morgan fingerprint density at radius 3 is 2.19 bits per heavy atom. The first-order chi connectivity index (χ1) is 25.3. The molecule has 4 aromatic rings. The quantitative estimate of drug-likeness (QED) is 0.0681. The Hall–Kier alpha value is -5.97. The maximum atomic E-state index is 13.0. The highest BCUT2D eigenvalue weighted by atomic mass is 35.5. The van der Waals surface area contributed by atoms with Crippen LogP contribution in [0.4, 0.5) is 36.4 Å². The summed E-state index contributed by atoms with van der Waals surface area (Å²) in [6.07, 6.45) is -3.28. The smallest absolute Gasteiger partial charge is 0.422 e. The third kappa shape index (κ3) is 11.8. The van der Waals surface area contributed by atoms with Crippen molar-refractivity contribution in [2.45, 2.75) is 44.4 Å². The van der Waals surface area contributed by atoms with Crippen LogP contribution in [0.3, 0.4) is 0 Å². The third-order valence-electron chi connectivity index (χ3n) is 7.87. The number of amides is 2. The molecule has 1 fully saturated rings. The van der Waals surface area contributed by atoms with E-state index < -0.39 is 53.9 Å². The van der Waals surface area contributed by atoms with Crippen LogP contribution in [-0.2, 0) is 24.7 Å². The van der Waals surface area contributed by atoms with Crippen LogP contribution in [-0.4, -0.2) is 77.5 Å². The number of Topliss-reactive ketones (excluding diaryl/α,β-unsaturated/α-hetero) is 1. The van der Waals surface area contributed by atoms with Crippen molar-refractivity contribution < 1.29 is 41.8 Å². The predicted octanol–water partition coefficient (Wildman–Crippen LogP) is 5.41. The minimum Gasteiger partial charge on any atom is -0.467 e. The van der Waals surface area contributed by atoms with Crippen LogP contribution < -0.4 is 31.3 Å². The van der Waals surface area contributed by atoms with Crippen molar-refractivity contribution >= 4 is 58.4 Å². The largest absolute Gasteiger partial charge is 0.467 e. The number of nitrogens with zero attached hydrogens (tertiary/aromatic N) is 3. The summed E-state index contributed by atoms with van der Waals surface area (Å²) in [5.41, 5.74) is 1.51. The Labute approximate surface area is 313 Å². The van der Waals surface area contributed by atoms with E-state index in [1.54, 1.807) is 36.4 Å². The van der Waals surface area contributed by atoms with E-state index in [2.05, 4.69) is 41.5 Å². The molecule has 0 unspecified atom stereocenters. The lowest BCUT2D eigenvalue weighted by atomic mass is 10.1. The molecule has 5 N–H and O–H groups in total. The number of benzene rings is 3. The van der Waals surface area contributed by atoms with Gasteiger partial charge >= 0.3 is 18.2 Å². The predicted molar refractivity (Wildman–Crippen MR) is 195 cm³/mol. The summed E-state index contributed by atoms with van der Waals surface area (Å²) in [7, 11) is 1.14. The van der Waals surface area contributed by atoms with Gasteiger partial charge in [-0.3, -0.25) is 14.4 Å². The highest BCUT2D eigenvalue weighted by molar-refractivity contribution is 6.37. The van der Waals surface area contributed by atoms with Gasteiger partial charge in [0, 0.05) is 28.5 Å². The Morgan fingerprint density at radius 1 is 0.889 bits per heavy atom. The average Bonchev–Trinajstić information content (AvgIpc) is 3.92. The normalized spacial score (nSPS) is 13.3. The maximum Gasteiger partial charge on any atom is 0.422 e. The molecule has 2 amide bonds. The molecule has 54 heavy (non-hydrogen) atoms. The van der Waals surface area contributed by atoms with Crippen molar-refractivity contribution in [3.63, 3.8) is 0 Å². The number of hydrogen-bond donors (Lipinski definition) is 5. The first-order valence-corrected chi connectivity index (χ1v) is 16.6.